The summed E-state index contributed by atoms with van der Waals surface area (Å²) in [5.41, 5.74) is 1.50. The number of nitrogens with zero attached hydrogens (tertiary/aromatic N) is 1. The van der Waals surface area contributed by atoms with Gasteiger partial charge in [0.1, 0.15) is 5.70 Å². The lowest BCUT2D eigenvalue weighted by atomic mass is 10.1. The minimum Gasteiger partial charge on any atom is -0.465 e. The Labute approximate surface area is 156 Å². The van der Waals surface area contributed by atoms with Gasteiger partial charge in [-0.15, -0.1) is 0 Å². The normalized spacial score (nSPS) is 12.9. The number of hydrogen-bond acceptors (Lipinski definition) is 5. The van der Waals surface area contributed by atoms with E-state index in [1.807, 2.05) is 0 Å². The van der Waals surface area contributed by atoms with Crippen LogP contribution in [0.3, 0.4) is 0 Å². The van der Waals surface area contributed by atoms with E-state index in [0.717, 1.165) is 0 Å². The Morgan fingerprint density at radius 1 is 0.778 bits per heavy atom. The molecule has 0 N–H and O–H groups in total. The highest BCUT2D eigenvalue weighted by Crippen LogP contribution is 2.32. The molecule has 0 bridgehead atoms. The third-order valence-electron chi connectivity index (χ3n) is 4.06. The topological polar surface area (TPSA) is 72.9 Å². The zero-order valence-electron chi connectivity index (χ0n) is 14.8. The first-order valence-electron chi connectivity index (χ1n) is 8.15. The van der Waals surface area contributed by atoms with Gasteiger partial charge in [-0.1, -0.05) is 36.4 Å². The van der Waals surface area contributed by atoms with Gasteiger partial charge in [0.05, 0.1) is 25.5 Å². The van der Waals surface area contributed by atoms with E-state index in [1.54, 1.807) is 60.7 Å². The lowest BCUT2D eigenvalue weighted by molar-refractivity contribution is -0.136. The summed E-state index contributed by atoms with van der Waals surface area (Å²) in [6, 6.07) is 15.5. The number of ether oxygens (including phenoxy) is 2. The second kappa shape index (κ2) is 7.70. The number of methoxy groups -OCH3 is 2. The van der Waals surface area contributed by atoms with E-state index in [-0.39, 0.29) is 11.3 Å². The molecule has 0 radical (unpaired) electrons. The van der Waals surface area contributed by atoms with Crippen molar-refractivity contribution in [2.75, 3.05) is 19.1 Å². The molecule has 6 nitrogen and oxygen atoms in total. The Kier molecular flexibility index (Phi) is 5.17. The summed E-state index contributed by atoms with van der Waals surface area (Å²) in [4.78, 5) is 39.1. The molecule has 0 atom stereocenters. The molecule has 1 heterocycles. The summed E-state index contributed by atoms with van der Waals surface area (Å²) >= 11 is 0. The van der Waals surface area contributed by atoms with Gasteiger partial charge in [0.15, 0.2) is 0 Å². The standard InChI is InChI=1S/C21H17NO5/c1-26-20(24)16-12-15-10-6-7-11-17(15)22(18(13-16)21(25)27-2)19(23)14-8-4-3-5-9-14/h3-13H,1-2H3. The molecule has 0 spiro atoms. The van der Waals surface area contributed by atoms with E-state index in [1.165, 1.54) is 25.2 Å². The molecule has 1 amide bonds. The maximum atomic E-state index is 13.2. The third-order valence-corrected chi connectivity index (χ3v) is 4.06. The van der Waals surface area contributed by atoms with Crippen LogP contribution in [0, 0.1) is 0 Å². The molecule has 0 unspecified atom stereocenters. The lowest BCUT2D eigenvalue weighted by Crippen LogP contribution is -2.34. The van der Waals surface area contributed by atoms with Crippen molar-refractivity contribution in [3.05, 3.63) is 83.1 Å². The summed E-state index contributed by atoms with van der Waals surface area (Å²) in [5.74, 6) is -1.79. The van der Waals surface area contributed by atoms with Crippen LogP contribution >= 0.6 is 0 Å². The molecule has 1 aliphatic heterocycles. The van der Waals surface area contributed by atoms with E-state index in [9.17, 15) is 14.4 Å². The van der Waals surface area contributed by atoms with Crippen LogP contribution in [0.15, 0.2) is 71.9 Å². The van der Waals surface area contributed by atoms with Crippen molar-refractivity contribution in [1.29, 1.82) is 0 Å². The van der Waals surface area contributed by atoms with Gasteiger partial charge in [-0.3, -0.25) is 9.69 Å². The van der Waals surface area contributed by atoms with Crippen molar-refractivity contribution < 1.29 is 23.9 Å². The fourth-order valence-electron chi connectivity index (χ4n) is 2.78. The predicted molar refractivity (Wildman–Crippen MR) is 99.8 cm³/mol. The first-order valence-corrected chi connectivity index (χ1v) is 8.15. The van der Waals surface area contributed by atoms with E-state index in [2.05, 4.69) is 0 Å². The van der Waals surface area contributed by atoms with Gasteiger partial charge in [-0.05, 0) is 35.9 Å². The smallest absolute Gasteiger partial charge is 0.355 e. The van der Waals surface area contributed by atoms with Crippen molar-refractivity contribution in [2.24, 2.45) is 0 Å². The zero-order valence-corrected chi connectivity index (χ0v) is 14.8. The number of esters is 2. The number of carbonyl (C=O) groups is 3. The van der Waals surface area contributed by atoms with Crippen molar-refractivity contribution in [1.82, 2.24) is 0 Å². The van der Waals surface area contributed by atoms with E-state index in [4.69, 9.17) is 9.47 Å². The van der Waals surface area contributed by atoms with Crippen molar-refractivity contribution in [3.63, 3.8) is 0 Å². The predicted octanol–water partition coefficient (Wildman–Crippen LogP) is 2.96. The summed E-state index contributed by atoms with van der Waals surface area (Å²) in [5, 5.41) is 0. The summed E-state index contributed by atoms with van der Waals surface area (Å²) in [6.07, 6.45) is 2.88. The molecule has 1 aliphatic rings. The van der Waals surface area contributed by atoms with Crippen LogP contribution in [-0.4, -0.2) is 32.1 Å². The summed E-state index contributed by atoms with van der Waals surface area (Å²) in [7, 11) is 2.46. The maximum absolute atomic E-state index is 13.2. The largest absolute Gasteiger partial charge is 0.465 e. The number of amides is 1. The number of fused-ring (bicyclic) bond motifs is 1. The van der Waals surface area contributed by atoms with Crippen molar-refractivity contribution in [2.45, 2.75) is 0 Å². The van der Waals surface area contributed by atoms with Gasteiger partial charge in [-0.25, -0.2) is 9.59 Å². The molecule has 6 heteroatoms. The Balaban J connectivity index is 2.24. The molecule has 0 aliphatic carbocycles. The van der Waals surface area contributed by atoms with Crippen LogP contribution in [-0.2, 0) is 19.1 Å². The molecule has 0 aromatic heterocycles. The highest BCUT2D eigenvalue weighted by atomic mass is 16.5. The minimum atomic E-state index is -0.745. The van der Waals surface area contributed by atoms with Crippen LogP contribution in [0.25, 0.3) is 6.08 Å². The third kappa shape index (κ3) is 3.50. The average molecular weight is 363 g/mol. The lowest BCUT2D eigenvalue weighted by Gasteiger charge is -2.24. The highest BCUT2D eigenvalue weighted by molar-refractivity contribution is 6.16. The number of benzene rings is 2. The molecule has 2 aromatic carbocycles. The van der Waals surface area contributed by atoms with E-state index >= 15 is 0 Å². The molecular formula is C21H17NO5. The van der Waals surface area contributed by atoms with E-state index in [0.29, 0.717) is 16.8 Å². The molecule has 2 aromatic rings. The van der Waals surface area contributed by atoms with Crippen LogP contribution < -0.4 is 4.90 Å². The zero-order chi connectivity index (χ0) is 19.4. The van der Waals surface area contributed by atoms with Gasteiger partial charge in [-0.2, -0.15) is 0 Å². The molecule has 0 saturated carbocycles. The number of hydrogen-bond donors (Lipinski definition) is 0. The number of rotatable bonds is 3. The molecule has 136 valence electrons. The van der Waals surface area contributed by atoms with Crippen LogP contribution in [0.4, 0.5) is 5.69 Å². The van der Waals surface area contributed by atoms with Crippen molar-refractivity contribution >= 4 is 29.6 Å². The highest BCUT2D eigenvalue weighted by Gasteiger charge is 2.31. The molecule has 0 fully saturated rings. The molecule has 3 rings (SSSR count). The van der Waals surface area contributed by atoms with Gasteiger partial charge in [0, 0.05) is 5.56 Å². The van der Waals surface area contributed by atoms with Crippen LogP contribution in [0.2, 0.25) is 0 Å². The fourth-order valence-corrected chi connectivity index (χ4v) is 2.78. The summed E-state index contributed by atoms with van der Waals surface area (Å²) < 4.78 is 9.65. The Morgan fingerprint density at radius 3 is 2.07 bits per heavy atom. The van der Waals surface area contributed by atoms with Gasteiger partial charge >= 0.3 is 11.9 Å². The number of carbonyl (C=O) groups excluding carboxylic acids is 3. The molecular weight excluding hydrogens is 346 g/mol. The van der Waals surface area contributed by atoms with Gasteiger partial charge < -0.3 is 9.47 Å². The minimum absolute atomic E-state index is 0.0760. The second-order valence-corrected chi connectivity index (χ2v) is 5.68. The SMILES string of the molecule is COC(=O)C1=Cc2ccccc2N(C(=O)c2ccccc2)C(C(=O)OC)=C1. The molecule has 27 heavy (non-hydrogen) atoms. The number of para-hydroxylation sites is 1. The monoisotopic (exact) mass is 363 g/mol. The van der Waals surface area contributed by atoms with Crippen LogP contribution in [0.1, 0.15) is 15.9 Å². The Bertz CT molecular complexity index is 960. The van der Waals surface area contributed by atoms with Crippen LogP contribution in [0.5, 0.6) is 0 Å². The quantitative estimate of drug-likeness (QED) is 0.784. The second-order valence-electron chi connectivity index (χ2n) is 5.68. The average Bonchev–Trinajstić information content (AvgIpc) is 2.89. The first kappa shape index (κ1) is 18.1. The molecule has 0 saturated heterocycles. The Morgan fingerprint density at radius 2 is 1.41 bits per heavy atom. The number of anilines is 1. The van der Waals surface area contributed by atoms with E-state index < -0.39 is 17.8 Å². The van der Waals surface area contributed by atoms with Crippen molar-refractivity contribution in [3.8, 4) is 0 Å². The fraction of sp³-hybridized carbons (Fsp3) is 0.0952. The maximum Gasteiger partial charge on any atom is 0.355 e. The summed E-state index contributed by atoms with van der Waals surface area (Å²) in [6.45, 7) is 0. The van der Waals surface area contributed by atoms with Gasteiger partial charge in [0.25, 0.3) is 5.91 Å². The van der Waals surface area contributed by atoms with Gasteiger partial charge in [0.2, 0.25) is 0 Å². The first-order chi connectivity index (χ1) is 13.1. The Hall–Kier alpha value is -3.67.